The summed E-state index contributed by atoms with van der Waals surface area (Å²) in [6.45, 7) is 4.03. The van der Waals surface area contributed by atoms with Crippen LogP contribution in [-0.2, 0) is 9.59 Å². The molecular formula is C39H39N9O2. The number of pyridine rings is 1. The molecule has 2 saturated carbocycles. The predicted octanol–water partition coefficient (Wildman–Crippen LogP) is 6.53. The molecule has 2 aromatic heterocycles. The van der Waals surface area contributed by atoms with E-state index in [9.17, 15) is 20.1 Å². The summed E-state index contributed by atoms with van der Waals surface area (Å²) in [5, 5.41) is 24.7. The minimum Gasteiger partial charge on any atom is -0.370 e. The fourth-order valence-electron chi connectivity index (χ4n) is 6.45. The van der Waals surface area contributed by atoms with Gasteiger partial charge in [0.05, 0.1) is 28.2 Å². The fourth-order valence-corrected chi connectivity index (χ4v) is 6.45. The van der Waals surface area contributed by atoms with Gasteiger partial charge in [0.2, 0.25) is 17.8 Å². The maximum atomic E-state index is 11.9. The van der Waals surface area contributed by atoms with Crippen molar-refractivity contribution in [3.63, 3.8) is 0 Å². The van der Waals surface area contributed by atoms with Gasteiger partial charge >= 0.3 is 0 Å². The maximum absolute atomic E-state index is 11.9. The highest BCUT2D eigenvalue weighted by Crippen LogP contribution is 2.33. The van der Waals surface area contributed by atoms with Gasteiger partial charge in [-0.2, -0.15) is 10.5 Å². The van der Waals surface area contributed by atoms with E-state index in [2.05, 4.69) is 47.5 Å². The van der Waals surface area contributed by atoms with Crippen LogP contribution in [0.5, 0.6) is 0 Å². The number of benzene rings is 2. The summed E-state index contributed by atoms with van der Waals surface area (Å²) in [7, 11) is 0. The summed E-state index contributed by atoms with van der Waals surface area (Å²) >= 11 is 0. The molecule has 0 spiro atoms. The number of nitrogens with one attached hydrogen (secondary N) is 2. The Labute approximate surface area is 292 Å². The molecule has 8 rings (SSSR count). The number of hydrogen-bond acceptors (Lipinski definition) is 9. The van der Waals surface area contributed by atoms with Crippen LogP contribution in [0, 0.1) is 34.5 Å². The number of rotatable bonds is 8. The van der Waals surface area contributed by atoms with Crippen LogP contribution in [0.1, 0.15) is 62.5 Å². The molecule has 2 aromatic carbocycles. The molecule has 50 heavy (non-hydrogen) atoms. The quantitative estimate of drug-likeness (QED) is 0.214. The minimum absolute atomic E-state index is 0.0146. The highest BCUT2D eigenvalue weighted by molar-refractivity contribution is 5.94. The van der Waals surface area contributed by atoms with Crippen molar-refractivity contribution in [1.29, 1.82) is 10.5 Å². The lowest BCUT2D eigenvalue weighted by atomic mass is 10.0. The van der Waals surface area contributed by atoms with Crippen LogP contribution >= 0.6 is 0 Å². The lowest BCUT2D eigenvalue weighted by Crippen LogP contribution is -2.18. The third kappa shape index (κ3) is 7.74. The van der Waals surface area contributed by atoms with Gasteiger partial charge in [0.25, 0.3) is 0 Å². The Hall–Kier alpha value is -5.81. The number of nitriles is 2. The molecule has 0 bridgehead atoms. The number of amides is 2. The fraction of sp³-hybridized carbons (Fsp3) is 0.359. The molecule has 4 aromatic rings. The van der Waals surface area contributed by atoms with Crippen LogP contribution < -0.4 is 20.4 Å². The topological polar surface area (TPSA) is 151 Å². The van der Waals surface area contributed by atoms with Gasteiger partial charge in [-0.15, -0.1) is 0 Å². The number of aromatic nitrogens is 3. The van der Waals surface area contributed by atoms with Crippen molar-refractivity contribution < 1.29 is 9.59 Å². The van der Waals surface area contributed by atoms with E-state index >= 15 is 0 Å². The SMILES string of the molecule is N#Cc1cc(-c2ccnc(NC(=O)C3CC3)c2)ccc1N1CCCC1.N#Cc1cc(-c2ccnc(NC(=O)C3CC3)n2)ccc1N1CCCC1. The Morgan fingerprint density at radius 2 is 1.16 bits per heavy atom. The van der Waals surface area contributed by atoms with Gasteiger partial charge in [0, 0.05) is 56.0 Å². The van der Waals surface area contributed by atoms with Crippen molar-refractivity contribution in [2.75, 3.05) is 46.6 Å². The van der Waals surface area contributed by atoms with Gasteiger partial charge in [-0.25, -0.2) is 15.0 Å². The lowest BCUT2D eigenvalue weighted by molar-refractivity contribution is -0.118. The second-order valence-corrected chi connectivity index (χ2v) is 13.3. The molecule has 2 N–H and O–H groups in total. The molecule has 2 amide bonds. The molecule has 11 nitrogen and oxygen atoms in total. The molecule has 4 heterocycles. The summed E-state index contributed by atoms with van der Waals surface area (Å²) in [5.41, 5.74) is 6.81. The van der Waals surface area contributed by atoms with E-state index in [1.54, 1.807) is 18.5 Å². The Bertz CT molecular complexity index is 1840. The van der Waals surface area contributed by atoms with Crippen LogP contribution in [0.3, 0.4) is 0 Å². The lowest BCUT2D eigenvalue weighted by Gasteiger charge is -2.19. The van der Waals surface area contributed by atoms with Crippen LogP contribution in [-0.4, -0.2) is 52.9 Å². The Balaban J connectivity index is 0.000000157. The Morgan fingerprint density at radius 1 is 0.640 bits per heavy atom. The van der Waals surface area contributed by atoms with Crippen LogP contribution in [0.2, 0.25) is 0 Å². The summed E-state index contributed by atoms with van der Waals surface area (Å²) < 4.78 is 0. The highest BCUT2D eigenvalue weighted by Gasteiger charge is 2.31. The summed E-state index contributed by atoms with van der Waals surface area (Å²) in [5.74, 6) is 1.17. The van der Waals surface area contributed by atoms with Crippen molar-refractivity contribution >= 4 is 35.0 Å². The molecule has 4 aliphatic rings. The zero-order chi connectivity index (χ0) is 34.5. The molecule has 252 valence electrons. The maximum Gasteiger partial charge on any atom is 0.229 e. The second-order valence-electron chi connectivity index (χ2n) is 13.3. The molecule has 4 fully saturated rings. The monoisotopic (exact) mass is 665 g/mol. The van der Waals surface area contributed by atoms with E-state index < -0.39 is 0 Å². The first-order valence-corrected chi connectivity index (χ1v) is 17.5. The summed E-state index contributed by atoms with van der Waals surface area (Å²) in [4.78, 5) is 41.1. The molecule has 0 atom stereocenters. The summed E-state index contributed by atoms with van der Waals surface area (Å²) in [6, 6.07) is 22.0. The van der Waals surface area contributed by atoms with Crippen molar-refractivity contribution in [1.82, 2.24) is 15.0 Å². The number of carbonyl (C=O) groups excluding carboxylic acids is 2. The van der Waals surface area contributed by atoms with Crippen LogP contribution in [0.15, 0.2) is 67.0 Å². The Kier molecular flexibility index (Phi) is 9.65. The average Bonchev–Trinajstić information content (AvgIpc) is 4.08. The van der Waals surface area contributed by atoms with Gasteiger partial charge in [-0.1, -0.05) is 12.1 Å². The van der Waals surface area contributed by atoms with Crippen molar-refractivity contribution in [2.45, 2.75) is 51.4 Å². The van der Waals surface area contributed by atoms with Gasteiger partial charge in [0.1, 0.15) is 18.0 Å². The normalized spacial score (nSPS) is 16.5. The van der Waals surface area contributed by atoms with E-state index in [1.807, 2.05) is 48.5 Å². The van der Waals surface area contributed by atoms with Crippen molar-refractivity contribution in [3.8, 4) is 34.5 Å². The Morgan fingerprint density at radius 3 is 1.74 bits per heavy atom. The van der Waals surface area contributed by atoms with Crippen molar-refractivity contribution in [3.05, 3.63) is 78.1 Å². The largest absolute Gasteiger partial charge is 0.370 e. The first kappa shape index (κ1) is 32.7. The standard InChI is InChI=1S/C20H20N4O.C19H19N5O/c21-13-17-11-15(5-6-18(17)24-9-1-2-10-24)16-7-8-22-19(12-16)23-20(25)14-3-4-14;20-12-15-11-14(5-6-17(15)24-9-1-2-10-24)16-7-8-21-19(22-16)23-18(25)13-3-4-13/h5-8,11-12,14H,1-4,9-10H2,(H,22,23,25);5-8,11,13H,1-4,9-10H2,(H,21,22,23,25). The minimum atomic E-state index is -0.0146. The molecule has 2 saturated heterocycles. The number of anilines is 4. The molecule has 2 aliphatic carbocycles. The molecular weight excluding hydrogens is 626 g/mol. The van der Waals surface area contributed by atoms with E-state index in [1.165, 1.54) is 25.7 Å². The first-order valence-electron chi connectivity index (χ1n) is 17.5. The zero-order valence-corrected chi connectivity index (χ0v) is 27.9. The van der Waals surface area contributed by atoms with Crippen LogP contribution in [0.4, 0.5) is 23.1 Å². The van der Waals surface area contributed by atoms with Crippen LogP contribution in [0.25, 0.3) is 22.4 Å². The number of nitrogens with zero attached hydrogens (tertiary/aromatic N) is 7. The van der Waals surface area contributed by atoms with Gasteiger partial charge in [-0.3, -0.25) is 14.9 Å². The molecule has 0 unspecified atom stereocenters. The summed E-state index contributed by atoms with van der Waals surface area (Å²) in [6.07, 6.45) is 11.8. The average molecular weight is 666 g/mol. The van der Waals surface area contributed by atoms with E-state index in [4.69, 9.17) is 0 Å². The molecule has 0 radical (unpaired) electrons. The van der Waals surface area contributed by atoms with E-state index in [0.717, 1.165) is 79.9 Å². The number of carbonyl (C=O) groups is 2. The van der Waals surface area contributed by atoms with Crippen molar-refractivity contribution in [2.24, 2.45) is 11.8 Å². The highest BCUT2D eigenvalue weighted by atomic mass is 16.2. The van der Waals surface area contributed by atoms with Gasteiger partial charge in [-0.05, 0) is 105 Å². The van der Waals surface area contributed by atoms with Gasteiger partial charge in [0.15, 0.2) is 0 Å². The zero-order valence-electron chi connectivity index (χ0n) is 27.9. The van der Waals surface area contributed by atoms with E-state index in [0.29, 0.717) is 28.6 Å². The smallest absolute Gasteiger partial charge is 0.229 e. The molecule has 2 aliphatic heterocycles. The molecule has 11 heteroatoms. The first-order chi connectivity index (χ1) is 24.5. The van der Waals surface area contributed by atoms with E-state index in [-0.39, 0.29) is 23.7 Å². The third-order valence-corrected chi connectivity index (χ3v) is 9.55. The predicted molar refractivity (Wildman–Crippen MR) is 192 cm³/mol. The van der Waals surface area contributed by atoms with Gasteiger partial charge < -0.3 is 15.1 Å². The second kappa shape index (κ2) is 14.8. The number of hydrogen-bond donors (Lipinski definition) is 2. The third-order valence-electron chi connectivity index (χ3n) is 9.55.